The summed E-state index contributed by atoms with van der Waals surface area (Å²) in [5.74, 6) is 1.31. The molecule has 0 radical (unpaired) electrons. The van der Waals surface area contributed by atoms with Crippen LogP contribution >= 0.6 is 0 Å². The van der Waals surface area contributed by atoms with Crippen molar-refractivity contribution in [1.29, 1.82) is 0 Å². The van der Waals surface area contributed by atoms with Gasteiger partial charge >= 0.3 is 5.69 Å². The Morgan fingerprint density at radius 3 is 2.56 bits per heavy atom. The van der Waals surface area contributed by atoms with Gasteiger partial charge in [0.15, 0.2) is 0 Å². The average Bonchev–Trinajstić information content (AvgIpc) is 3.56. The maximum absolute atomic E-state index is 13.4. The van der Waals surface area contributed by atoms with Crippen LogP contribution in [0.2, 0.25) is 0 Å². The number of para-hydroxylation sites is 1. The number of nitrogens with zero attached hydrogens (tertiary/aromatic N) is 4. The van der Waals surface area contributed by atoms with Crippen molar-refractivity contribution in [1.82, 2.24) is 18.7 Å². The summed E-state index contributed by atoms with van der Waals surface area (Å²) in [6, 6.07) is 13.1. The highest BCUT2D eigenvalue weighted by molar-refractivity contribution is 5.79. The maximum Gasteiger partial charge on any atom is 0.332 e. The van der Waals surface area contributed by atoms with E-state index in [2.05, 4.69) is 18.4 Å². The van der Waals surface area contributed by atoms with Crippen LogP contribution in [-0.4, -0.2) is 23.8 Å². The minimum Gasteiger partial charge on any atom is -0.392 e. The monoisotopic (exact) mass is 432 g/mol. The molecule has 0 atom stereocenters. The second kappa shape index (κ2) is 8.06. The molecule has 0 spiro atoms. The molecule has 1 fully saturated rings. The third kappa shape index (κ3) is 3.56. The standard InChI is InChI=1S/C25H28N4O3/c1-16(2)11-12-27-22-10-7-17(15-30)13-20(22)26-23(27)14-28-21-6-4-3-5-19(21)24(31)29(25(28)32)18-8-9-18/h3-7,10,13,16,18,30H,8-9,11-12,14-15H2,1-2H3. The SMILES string of the molecule is CC(C)CCn1c(Cn2c(=O)n(C3CC3)c(=O)c3ccccc32)nc2cc(CO)ccc21. The lowest BCUT2D eigenvalue weighted by Crippen LogP contribution is -2.40. The van der Waals surface area contributed by atoms with Crippen LogP contribution in [0.5, 0.6) is 0 Å². The van der Waals surface area contributed by atoms with Gasteiger partial charge in [0.1, 0.15) is 5.82 Å². The highest BCUT2D eigenvalue weighted by atomic mass is 16.3. The molecule has 2 aromatic heterocycles. The fourth-order valence-corrected chi connectivity index (χ4v) is 4.37. The molecular formula is C25H28N4O3. The molecule has 32 heavy (non-hydrogen) atoms. The molecule has 2 heterocycles. The van der Waals surface area contributed by atoms with E-state index in [0.717, 1.165) is 48.2 Å². The molecular weight excluding hydrogens is 404 g/mol. The number of benzene rings is 2. The molecule has 2 aromatic carbocycles. The van der Waals surface area contributed by atoms with Gasteiger partial charge in [-0.3, -0.25) is 13.9 Å². The number of aryl methyl sites for hydroxylation is 1. The van der Waals surface area contributed by atoms with Crippen LogP contribution in [0.3, 0.4) is 0 Å². The molecule has 1 aliphatic carbocycles. The summed E-state index contributed by atoms with van der Waals surface area (Å²) in [6.45, 7) is 5.41. The average molecular weight is 433 g/mol. The van der Waals surface area contributed by atoms with Gasteiger partial charge in [-0.1, -0.05) is 32.0 Å². The van der Waals surface area contributed by atoms with Crippen LogP contribution in [0.25, 0.3) is 21.9 Å². The van der Waals surface area contributed by atoms with Crippen LogP contribution < -0.4 is 11.2 Å². The molecule has 4 aromatic rings. The van der Waals surface area contributed by atoms with Crippen molar-refractivity contribution in [2.24, 2.45) is 5.92 Å². The van der Waals surface area contributed by atoms with E-state index in [-0.39, 0.29) is 30.4 Å². The van der Waals surface area contributed by atoms with Gasteiger partial charge in [0.05, 0.1) is 35.1 Å². The van der Waals surface area contributed by atoms with Crippen LogP contribution in [-0.2, 0) is 19.7 Å². The molecule has 0 aliphatic heterocycles. The zero-order valence-corrected chi connectivity index (χ0v) is 18.5. The van der Waals surface area contributed by atoms with Gasteiger partial charge in [0.2, 0.25) is 0 Å². The zero-order chi connectivity index (χ0) is 22.4. The van der Waals surface area contributed by atoms with E-state index in [9.17, 15) is 14.7 Å². The topological polar surface area (TPSA) is 82.0 Å². The van der Waals surface area contributed by atoms with Crippen LogP contribution in [0.4, 0.5) is 0 Å². The summed E-state index contributed by atoms with van der Waals surface area (Å²) >= 11 is 0. The van der Waals surface area contributed by atoms with Gasteiger partial charge in [-0.2, -0.15) is 0 Å². The smallest absolute Gasteiger partial charge is 0.332 e. The Hall–Kier alpha value is -3.19. The Morgan fingerprint density at radius 1 is 1.06 bits per heavy atom. The molecule has 0 unspecified atom stereocenters. The third-order valence-corrected chi connectivity index (χ3v) is 6.30. The van der Waals surface area contributed by atoms with Crippen LogP contribution in [0, 0.1) is 5.92 Å². The Labute approximate surface area is 185 Å². The van der Waals surface area contributed by atoms with Crippen molar-refractivity contribution < 1.29 is 5.11 Å². The van der Waals surface area contributed by atoms with Crippen molar-refractivity contribution in [3.8, 4) is 0 Å². The minimum absolute atomic E-state index is 0.00210. The largest absolute Gasteiger partial charge is 0.392 e. The van der Waals surface area contributed by atoms with Crippen LogP contribution in [0.15, 0.2) is 52.1 Å². The first-order valence-corrected chi connectivity index (χ1v) is 11.3. The van der Waals surface area contributed by atoms with Gasteiger partial charge in [-0.05, 0) is 55.0 Å². The Balaban J connectivity index is 1.70. The molecule has 166 valence electrons. The molecule has 0 saturated heterocycles. The predicted octanol–water partition coefficient (Wildman–Crippen LogP) is 3.43. The van der Waals surface area contributed by atoms with E-state index >= 15 is 0 Å². The molecule has 1 aliphatic rings. The number of imidazole rings is 1. The number of aliphatic hydroxyl groups excluding tert-OH is 1. The number of fused-ring (bicyclic) bond motifs is 2. The number of aromatic nitrogens is 4. The molecule has 1 N–H and O–H groups in total. The first-order chi connectivity index (χ1) is 15.5. The maximum atomic E-state index is 13.4. The van der Waals surface area contributed by atoms with Crippen molar-refractivity contribution in [3.63, 3.8) is 0 Å². The Kier molecular flexibility index (Phi) is 5.21. The summed E-state index contributed by atoms with van der Waals surface area (Å²) in [6.07, 6.45) is 2.71. The highest BCUT2D eigenvalue weighted by Crippen LogP contribution is 2.32. The molecule has 7 nitrogen and oxygen atoms in total. The molecule has 0 bridgehead atoms. The lowest BCUT2D eigenvalue weighted by atomic mass is 10.1. The Bertz CT molecular complexity index is 1420. The Morgan fingerprint density at radius 2 is 1.84 bits per heavy atom. The van der Waals surface area contributed by atoms with E-state index in [0.29, 0.717) is 16.8 Å². The second-order valence-corrected chi connectivity index (χ2v) is 9.14. The number of hydrogen-bond donors (Lipinski definition) is 1. The van der Waals surface area contributed by atoms with Gasteiger partial charge in [0.25, 0.3) is 5.56 Å². The predicted molar refractivity (Wildman–Crippen MR) is 125 cm³/mol. The molecule has 0 amide bonds. The van der Waals surface area contributed by atoms with Gasteiger partial charge in [-0.25, -0.2) is 9.78 Å². The van der Waals surface area contributed by atoms with Gasteiger partial charge < -0.3 is 9.67 Å². The first kappa shape index (κ1) is 20.7. The van der Waals surface area contributed by atoms with Crippen molar-refractivity contribution in [2.75, 3.05) is 0 Å². The van der Waals surface area contributed by atoms with E-state index in [1.807, 2.05) is 36.4 Å². The molecule has 7 heteroatoms. The van der Waals surface area contributed by atoms with E-state index in [4.69, 9.17) is 4.98 Å². The summed E-state index contributed by atoms with van der Waals surface area (Å²) < 4.78 is 5.28. The summed E-state index contributed by atoms with van der Waals surface area (Å²) in [4.78, 5) is 31.3. The van der Waals surface area contributed by atoms with Crippen molar-refractivity contribution >= 4 is 21.9 Å². The third-order valence-electron chi connectivity index (χ3n) is 6.30. The van der Waals surface area contributed by atoms with E-state index in [1.54, 1.807) is 10.6 Å². The second-order valence-electron chi connectivity index (χ2n) is 9.14. The molecule has 1 saturated carbocycles. The molecule has 5 rings (SSSR count). The van der Waals surface area contributed by atoms with Crippen molar-refractivity contribution in [2.45, 2.75) is 58.8 Å². The quantitative estimate of drug-likeness (QED) is 0.485. The number of hydrogen-bond acceptors (Lipinski definition) is 4. The summed E-state index contributed by atoms with van der Waals surface area (Å²) in [7, 11) is 0. The normalized spacial score (nSPS) is 14.1. The highest BCUT2D eigenvalue weighted by Gasteiger charge is 2.29. The number of aliphatic hydroxyl groups is 1. The van der Waals surface area contributed by atoms with Gasteiger partial charge in [0, 0.05) is 12.6 Å². The lowest BCUT2D eigenvalue weighted by molar-refractivity contribution is 0.282. The fourth-order valence-electron chi connectivity index (χ4n) is 4.37. The number of rotatable bonds is 7. The first-order valence-electron chi connectivity index (χ1n) is 11.3. The van der Waals surface area contributed by atoms with E-state index < -0.39 is 0 Å². The fraction of sp³-hybridized carbons (Fsp3) is 0.400. The summed E-state index contributed by atoms with van der Waals surface area (Å²) in [5.41, 5.74) is 2.77. The van der Waals surface area contributed by atoms with E-state index in [1.165, 1.54) is 4.57 Å². The van der Waals surface area contributed by atoms with Gasteiger partial charge in [-0.15, -0.1) is 0 Å². The minimum atomic E-state index is -0.269. The van der Waals surface area contributed by atoms with Crippen molar-refractivity contribution in [3.05, 3.63) is 74.7 Å². The summed E-state index contributed by atoms with van der Waals surface area (Å²) in [5, 5.41) is 10.1. The van der Waals surface area contributed by atoms with Crippen LogP contribution in [0.1, 0.15) is 50.5 Å². The zero-order valence-electron chi connectivity index (χ0n) is 18.5. The lowest BCUT2D eigenvalue weighted by Gasteiger charge is -2.15.